The van der Waals surface area contributed by atoms with Gasteiger partial charge in [-0.1, -0.05) is 41.6 Å². The van der Waals surface area contributed by atoms with E-state index < -0.39 is 0 Å². The molecular formula is C26H24N2O3S2. The molecule has 0 fully saturated rings. The molecule has 0 unspecified atom stereocenters. The maximum absolute atomic E-state index is 13.8. The van der Waals surface area contributed by atoms with Crippen molar-refractivity contribution in [1.82, 2.24) is 9.55 Å². The molecule has 0 bridgehead atoms. The summed E-state index contributed by atoms with van der Waals surface area (Å²) < 4.78 is 6.92. The highest BCUT2D eigenvalue weighted by Gasteiger charge is 2.23. The van der Waals surface area contributed by atoms with Crippen molar-refractivity contribution in [2.45, 2.75) is 37.8 Å². The van der Waals surface area contributed by atoms with Gasteiger partial charge in [-0.25, -0.2) is 4.98 Å². The van der Waals surface area contributed by atoms with E-state index in [-0.39, 0.29) is 17.1 Å². The maximum atomic E-state index is 13.8. The van der Waals surface area contributed by atoms with Crippen molar-refractivity contribution in [2.24, 2.45) is 0 Å². The van der Waals surface area contributed by atoms with Gasteiger partial charge in [-0.15, -0.1) is 11.3 Å². The van der Waals surface area contributed by atoms with Crippen molar-refractivity contribution in [3.8, 4) is 11.4 Å². The molecule has 5 rings (SSSR count). The minimum atomic E-state index is -0.0421. The normalized spacial score (nSPS) is 13.2. The molecule has 1 aliphatic rings. The predicted octanol–water partition coefficient (Wildman–Crippen LogP) is 5.62. The van der Waals surface area contributed by atoms with Crippen molar-refractivity contribution < 1.29 is 9.53 Å². The summed E-state index contributed by atoms with van der Waals surface area (Å²) in [5, 5.41) is 1.30. The van der Waals surface area contributed by atoms with Crippen LogP contribution in [0.25, 0.3) is 15.9 Å². The van der Waals surface area contributed by atoms with Crippen LogP contribution in [-0.2, 0) is 12.8 Å². The summed E-state index contributed by atoms with van der Waals surface area (Å²) in [5.41, 5.74) is 3.60. The zero-order valence-corrected chi connectivity index (χ0v) is 20.2. The summed E-state index contributed by atoms with van der Waals surface area (Å²) in [5.74, 6) is 0.794. The van der Waals surface area contributed by atoms with Crippen LogP contribution in [0.1, 0.15) is 39.2 Å². The van der Waals surface area contributed by atoms with Gasteiger partial charge in [0.25, 0.3) is 5.56 Å². The first-order chi connectivity index (χ1) is 16.0. The number of benzene rings is 2. The lowest BCUT2D eigenvalue weighted by molar-refractivity contribution is 0.102. The van der Waals surface area contributed by atoms with E-state index in [0.717, 1.165) is 47.2 Å². The maximum Gasteiger partial charge on any atom is 0.267 e. The molecule has 4 aromatic rings. The summed E-state index contributed by atoms with van der Waals surface area (Å²) in [7, 11) is 1.58. The standard InChI is InChI=1S/C26H24N2O3S2/c1-16-10-12-18(13-11-16)28-25(30)23-20-8-3-4-9-22(20)33-24(23)27-26(28)32-15-21(29)17-6-5-7-19(14-17)31-2/h5-7,10-14H,3-4,8-9,15H2,1-2H3. The molecule has 0 aliphatic heterocycles. The number of ether oxygens (including phenoxy) is 1. The van der Waals surface area contributed by atoms with E-state index in [9.17, 15) is 9.59 Å². The molecule has 2 aromatic heterocycles. The number of carbonyl (C=O) groups excluding carboxylic acids is 1. The largest absolute Gasteiger partial charge is 0.497 e. The monoisotopic (exact) mass is 476 g/mol. The highest BCUT2D eigenvalue weighted by molar-refractivity contribution is 7.99. The Morgan fingerprint density at radius 1 is 1.15 bits per heavy atom. The zero-order chi connectivity index (χ0) is 22.9. The second-order valence-electron chi connectivity index (χ2n) is 8.21. The lowest BCUT2D eigenvalue weighted by Crippen LogP contribution is -2.22. The third kappa shape index (κ3) is 4.23. The highest BCUT2D eigenvalue weighted by atomic mass is 32.2. The molecule has 0 saturated carbocycles. The summed E-state index contributed by atoms with van der Waals surface area (Å²) in [6.07, 6.45) is 4.20. The number of thioether (sulfide) groups is 1. The number of carbonyl (C=O) groups is 1. The lowest BCUT2D eigenvalue weighted by Gasteiger charge is -2.14. The summed E-state index contributed by atoms with van der Waals surface area (Å²) in [4.78, 5) is 33.7. The number of rotatable bonds is 6. The second-order valence-corrected chi connectivity index (χ2v) is 10.2. The smallest absolute Gasteiger partial charge is 0.267 e. The Morgan fingerprint density at radius 2 is 1.94 bits per heavy atom. The average molecular weight is 477 g/mol. The quantitative estimate of drug-likeness (QED) is 0.205. The number of methoxy groups -OCH3 is 1. The molecule has 5 nitrogen and oxygen atoms in total. The van der Waals surface area contributed by atoms with Gasteiger partial charge < -0.3 is 4.74 Å². The topological polar surface area (TPSA) is 61.2 Å². The van der Waals surface area contributed by atoms with Crippen LogP contribution < -0.4 is 10.3 Å². The highest BCUT2D eigenvalue weighted by Crippen LogP contribution is 2.35. The minimum absolute atomic E-state index is 0.0332. The third-order valence-electron chi connectivity index (χ3n) is 5.97. The zero-order valence-electron chi connectivity index (χ0n) is 18.6. The fraction of sp³-hybridized carbons (Fsp3) is 0.269. The van der Waals surface area contributed by atoms with Gasteiger partial charge in [-0.2, -0.15) is 0 Å². The predicted molar refractivity (Wildman–Crippen MR) is 135 cm³/mol. The van der Waals surface area contributed by atoms with Crippen molar-refractivity contribution in [1.29, 1.82) is 0 Å². The molecule has 0 radical (unpaired) electrons. The van der Waals surface area contributed by atoms with Crippen LogP contribution in [0.2, 0.25) is 0 Å². The van der Waals surface area contributed by atoms with Crippen LogP contribution in [0.3, 0.4) is 0 Å². The van der Waals surface area contributed by atoms with E-state index in [2.05, 4.69) is 0 Å². The van der Waals surface area contributed by atoms with Crippen LogP contribution >= 0.6 is 23.1 Å². The molecule has 2 heterocycles. The third-order valence-corrected chi connectivity index (χ3v) is 8.10. The molecule has 0 saturated heterocycles. The SMILES string of the molecule is COc1cccc(C(=O)CSc2nc3sc4c(c3c(=O)n2-c2ccc(C)cc2)CCCC4)c1. The first-order valence-corrected chi connectivity index (χ1v) is 12.8. The Kier molecular flexibility index (Phi) is 6.08. The molecule has 0 spiro atoms. The molecule has 0 N–H and O–H groups in total. The second kappa shape index (κ2) is 9.15. The van der Waals surface area contributed by atoms with Crippen molar-refractivity contribution in [2.75, 3.05) is 12.9 Å². The van der Waals surface area contributed by atoms with E-state index in [4.69, 9.17) is 9.72 Å². The van der Waals surface area contributed by atoms with E-state index in [1.165, 1.54) is 22.2 Å². The van der Waals surface area contributed by atoms with Gasteiger partial charge in [0.05, 0.1) is 23.9 Å². The van der Waals surface area contributed by atoms with Crippen LogP contribution in [0.5, 0.6) is 5.75 Å². The van der Waals surface area contributed by atoms with Crippen LogP contribution in [0, 0.1) is 6.92 Å². The number of aryl methyl sites for hydroxylation is 3. The Hall–Kier alpha value is -2.90. The molecule has 0 amide bonds. The number of aromatic nitrogens is 2. The minimum Gasteiger partial charge on any atom is -0.497 e. The fourth-order valence-electron chi connectivity index (χ4n) is 4.21. The van der Waals surface area contributed by atoms with Gasteiger partial charge in [-0.05, 0) is 62.4 Å². The first-order valence-electron chi connectivity index (χ1n) is 11.0. The van der Waals surface area contributed by atoms with Gasteiger partial charge in [0.2, 0.25) is 0 Å². The average Bonchev–Trinajstić information content (AvgIpc) is 3.22. The number of Topliss-reactive ketones (excluding diaryl/α,β-unsaturated/α-hetero) is 1. The number of nitrogens with zero attached hydrogens (tertiary/aromatic N) is 2. The van der Waals surface area contributed by atoms with Gasteiger partial charge in [0.15, 0.2) is 10.9 Å². The lowest BCUT2D eigenvalue weighted by atomic mass is 9.97. The molecule has 2 aromatic carbocycles. The van der Waals surface area contributed by atoms with E-state index in [1.807, 2.05) is 37.3 Å². The van der Waals surface area contributed by atoms with Crippen molar-refractivity contribution in [3.05, 3.63) is 80.5 Å². The number of hydrogen-bond acceptors (Lipinski definition) is 6. The van der Waals surface area contributed by atoms with Gasteiger partial charge >= 0.3 is 0 Å². The van der Waals surface area contributed by atoms with Gasteiger partial charge in [0.1, 0.15) is 10.6 Å². The summed E-state index contributed by atoms with van der Waals surface area (Å²) in [6, 6.07) is 15.0. The number of thiophene rings is 1. The Labute approximate surface area is 200 Å². The molecule has 33 heavy (non-hydrogen) atoms. The van der Waals surface area contributed by atoms with Crippen LogP contribution in [0.4, 0.5) is 0 Å². The molecular weight excluding hydrogens is 452 g/mol. The number of hydrogen-bond donors (Lipinski definition) is 0. The Morgan fingerprint density at radius 3 is 2.73 bits per heavy atom. The van der Waals surface area contributed by atoms with Gasteiger partial charge in [-0.3, -0.25) is 14.2 Å². The van der Waals surface area contributed by atoms with E-state index >= 15 is 0 Å². The van der Waals surface area contributed by atoms with Gasteiger partial charge in [0, 0.05) is 10.4 Å². The Balaban J connectivity index is 1.58. The van der Waals surface area contributed by atoms with Crippen molar-refractivity contribution >= 4 is 39.1 Å². The molecule has 168 valence electrons. The summed E-state index contributed by atoms with van der Waals surface area (Å²) in [6.45, 7) is 2.02. The van der Waals surface area contributed by atoms with Crippen LogP contribution in [-0.4, -0.2) is 28.2 Å². The fourth-order valence-corrected chi connectivity index (χ4v) is 6.42. The first kappa shape index (κ1) is 21.9. The van der Waals surface area contributed by atoms with E-state index in [1.54, 1.807) is 41.2 Å². The number of ketones is 1. The van der Waals surface area contributed by atoms with Crippen LogP contribution in [0.15, 0.2) is 58.5 Å². The molecule has 1 aliphatic carbocycles. The van der Waals surface area contributed by atoms with E-state index in [0.29, 0.717) is 16.5 Å². The number of fused-ring (bicyclic) bond motifs is 3. The summed E-state index contributed by atoms with van der Waals surface area (Å²) >= 11 is 2.94. The van der Waals surface area contributed by atoms with Crippen molar-refractivity contribution in [3.63, 3.8) is 0 Å². The molecule has 7 heteroatoms. The molecule has 0 atom stereocenters. The Bertz CT molecular complexity index is 1400.